The van der Waals surface area contributed by atoms with E-state index in [0.29, 0.717) is 10.0 Å². The molecule has 0 aromatic heterocycles. The van der Waals surface area contributed by atoms with Gasteiger partial charge in [0.2, 0.25) is 0 Å². The normalized spacial score (nSPS) is 23.6. The standard InChI is InChI=1S/C28H26Cl2O8/c1-28(36-15-17-5-3-2-4-6-17)23(31)27(34)38-24(28)22(37-26(33)19-9-13-21(30)14-10-19)16-35-25(32)18-7-11-20(29)12-8-18/h2-14,22-24,27,31,34H,15-16H2,1H3/t22-,23+,24-,27?,28+/m1/s1. The molecule has 0 amide bonds. The number of aliphatic hydroxyl groups excluding tert-OH is 2. The fourth-order valence-corrected chi connectivity index (χ4v) is 4.30. The van der Waals surface area contributed by atoms with Crippen molar-refractivity contribution in [2.75, 3.05) is 6.61 Å². The number of carbonyl (C=O) groups excluding carboxylic acids is 2. The van der Waals surface area contributed by atoms with Crippen LogP contribution in [0.5, 0.6) is 0 Å². The Labute approximate surface area is 229 Å². The molecule has 1 unspecified atom stereocenters. The lowest BCUT2D eigenvalue weighted by Crippen LogP contribution is -2.54. The van der Waals surface area contributed by atoms with Crippen molar-refractivity contribution in [3.63, 3.8) is 0 Å². The van der Waals surface area contributed by atoms with Crippen LogP contribution >= 0.6 is 23.2 Å². The van der Waals surface area contributed by atoms with Crippen molar-refractivity contribution in [2.45, 2.75) is 43.7 Å². The third-order valence-electron chi connectivity index (χ3n) is 6.24. The summed E-state index contributed by atoms with van der Waals surface area (Å²) >= 11 is 11.8. The van der Waals surface area contributed by atoms with Crippen molar-refractivity contribution in [3.8, 4) is 0 Å². The number of hydrogen-bond acceptors (Lipinski definition) is 8. The van der Waals surface area contributed by atoms with E-state index >= 15 is 0 Å². The summed E-state index contributed by atoms with van der Waals surface area (Å²) in [6, 6.07) is 21.3. The maximum Gasteiger partial charge on any atom is 0.338 e. The fraction of sp³-hybridized carbons (Fsp3) is 0.286. The number of benzene rings is 3. The molecule has 3 aromatic carbocycles. The topological polar surface area (TPSA) is 112 Å². The molecule has 1 aliphatic rings. The number of esters is 2. The van der Waals surface area contributed by atoms with E-state index in [9.17, 15) is 19.8 Å². The average Bonchev–Trinajstić information content (AvgIpc) is 3.15. The van der Waals surface area contributed by atoms with Gasteiger partial charge in [-0.25, -0.2) is 9.59 Å². The third kappa shape index (κ3) is 6.53. The van der Waals surface area contributed by atoms with E-state index in [-0.39, 0.29) is 17.7 Å². The van der Waals surface area contributed by atoms with Gasteiger partial charge in [-0.1, -0.05) is 53.5 Å². The van der Waals surface area contributed by atoms with E-state index in [2.05, 4.69) is 0 Å². The number of carbonyl (C=O) groups is 2. The maximum atomic E-state index is 13.0. The first kappa shape index (κ1) is 28.0. The van der Waals surface area contributed by atoms with E-state index in [4.69, 9.17) is 42.1 Å². The second-order valence-corrected chi connectivity index (χ2v) is 9.78. The molecular formula is C28H26Cl2O8. The van der Waals surface area contributed by atoms with Gasteiger partial charge in [0.25, 0.3) is 0 Å². The predicted molar refractivity (Wildman–Crippen MR) is 139 cm³/mol. The van der Waals surface area contributed by atoms with Crippen LogP contribution < -0.4 is 0 Å². The van der Waals surface area contributed by atoms with Crippen molar-refractivity contribution in [3.05, 3.63) is 106 Å². The van der Waals surface area contributed by atoms with Gasteiger partial charge in [-0.05, 0) is 61.0 Å². The van der Waals surface area contributed by atoms with Gasteiger partial charge in [-0.15, -0.1) is 0 Å². The summed E-state index contributed by atoms with van der Waals surface area (Å²) in [5.74, 6) is -1.45. The first-order valence-electron chi connectivity index (χ1n) is 11.8. The smallest absolute Gasteiger partial charge is 0.338 e. The Morgan fingerprint density at radius 1 is 0.895 bits per heavy atom. The third-order valence-corrected chi connectivity index (χ3v) is 6.74. The lowest BCUT2D eigenvalue weighted by Gasteiger charge is -2.36. The second kappa shape index (κ2) is 12.3. The minimum absolute atomic E-state index is 0.0728. The Kier molecular flexibility index (Phi) is 9.04. The van der Waals surface area contributed by atoms with E-state index < -0.39 is 48.7 Å². The quantitative estimate of drug-likeness (QED) is 0.370. The van der Waals surface area contributed by atoms with Crippen LogP contribution in [-0.2, 0) is 25.6 Å². The lowest BCUT2D eigenvalue weighted by molar-refractivity contribution is -0.166. The van der Waals surface area contributed by atoms with Gasteiger partial charge in [0.05, 0.1) is 17.7 Å². The Morgan fingerprint density at radius 3 is 2.03 bits per heavy atom. The highest BCUT2D eigenvalue weighted by molar-refractivity contribution is 6.31. The van der Waals surface area contributed by atoms with Crippen LogP contribution in [0.25, 0.3) is 0 Å². The van der Waals surface area contributed by atoms with E-state index in [1.54, 1.807) is 0 Å². The number of halogens is 2. The summed E-state index contributed by atoms with van der Waals surface area (Å²) < 4.78 is 22.8. The molecule has 0 radical (unpaired) electrons. The van der Waals surface area contributed by atoms with Gasteiger partial charge in [0.1, 0.15) is 24.4 Å². The summed E-state index contributed by atoms with van der Waals surface area (Å²) in [5.41, 5.74) is -0.306. The van der Waals surface area contributed by atoms with Crippen molar-refractivity contribution in [1.29, 1.82) is 0 Å². The first-order chi connectivity index (χ1) is 18.2. The highest BCUT2D eigenvalue weighted by Crippen LogP contribution is 2.37. The number of ether oxygens (including phenoxy) is 4. The molecule has 0 saturated carbocycles. The van der Waals surface area contributed by atoms with Crippen molar-refractivity contribution in [2.24, 2.45) is 0 Å². The summed E-state index contributed by atoms with van der Waals surface area (Å²) in [4.78, 5) is 25.7. The summed E-state index contributed by atoms with van der Waals surface area (Å²) in [5, 5.41) is 22.1. The van der Waals surface area contributed by atoms with Crippen LogP contribution in [0.2, 0.25) is 10.0 Å². The summed E-state index contributed by atoms with van der Waals surface area (Å²) in [7, 11) is 0. The maximum absolute atomic E-state index is 13.0. The van der Waals surface area contributed by atoms with Crippen LogP contribution in [0.4, 0.5) is 0 Å². The van der Waals surface area contributed by atoms with Crippen molar-refractivity contribution >= 4 is 35.1 Å². The van der Waals surface area contributed by atoms with Crippen LogP contribution in [0.3, 0.4) is 0 Å². The predicted octanol–water partition coefficient (Wildman–Crippen LogP) is 4.43. The van der Waals surface area contributed by atoms with Crippen LogP contribution in [0.15, 0.2) is 78.9 Å². The Morgan fingerprint density at radius 2 is 1.45 bits per heavy atom. The Bertz CT molecular complexity index is 1240. The minimum Gasteiger partial charge on any atom is -0.458 e. The second-order valence-electron chi connectivity index (χ2n) is 8.91. The molecule has 1 fully saturated rings. The van der Waals surface area contributed by atoms with Gasteiger partial charge in [0.15, 0.2) is 12.4 Å². The zero-order valence-electron chi connectivity index (χ0n) is 20.3. The Hall–Kier alpha value is -2.98. The van der Waals surface area contributed by atoms with Crippen LogP contribution in [0, 0.1) is 0 Å². The van der Waals surface area contributed by atoms with Gasteiger partial charge < -0.3 is 29.2 Å². The molecule has 38 heavy (non-hydrogen) atoms. The monoisotopic (exact) mass is 560 g/mol. The van der Waals surface area contributed by atoms with Gasteiger partial charge in [-0.2, -0.15) is 0 Å². The number of hydrogen-bond donors (Lipinski definition) is 2. The molecular weight excluding hydrogens is 535 g/mol. The molecule has 1 aliphatic heterocycles. The Balaban J connectivity index is 1.58. The van der Waals surface area contributed by atoms with Gasteiger partial charge >= 0.3 is 11.9 Å². The average molecular weight is 561 g/mol. The molecule has 0 aliphatic carbocycles. The molecule has 0 spiro atoms. The molecule has 1 saturated heterocycles. The first-order valence-corrected chi connectivity index (χ1v) is 12.5. The highest BCUT2D eigenvalue weighted by Gasteiger charge is 2.58. The fourth-order valence-electron chi connectivity index (χ4n) is 4.05. The molecule has 3 aromatic rings. The molecule has 0 bridgehead atoms. The van der Waals surface area contributed by atoms with Crippen molar-refractivity contribution < 1.29 is 38.7 Å². The molecule has 5 atom stereocenters. The zero-order chi connectivity index (χ0) is 27.3. The van der Waals surface area contributed by atoms with Crippen molar-refractivity contribution in [1.82, 2.24) is 0 Å². The van der Waals surface area contributed by atoms with E-state index in [0.717, 1.165) is 5.56 Å². The van der Waals surface area contributed by atoms with Gasteiger partial charge in [0, 0.05) is 10.0 Å². The molecule has 2 N–H and O–H groups in total. The van der Waals surface area contributed by atoms with Gasteiger partial charge in [-0.3, -0.25) is 0 Å². The number of rotatable bonds is 9. The molecule has 200 valence electrons. The van der Waals surface area contributed by atoms with E-state index in [1.165, 1.54) is 55.5 Å². The molecule has 8 nitrogen and oxygen atoms in total. The molecule has 10 heteroatoms. The molecule has 1 heterocycles. The lowest BCUT2D eigenvalue weighted by atomic mass is 9.90. The van der Waals surface area contributed by atoms with Crippen LogP contribution in [0.1, 0.15) is 33.2 Å². The minimum atomic E-state index is -1.63. The van der Waals surface area contributed by atoms with Crippen LogP contribution in [-0.4, -0.2) is 59.0 Å². The zero-order valence-corrected chi connectivity index (χ0v) is 21.8. The largest absolute Gasteiger partial charge is 0.458 e. The SMILES string of the molecule is C[C@@]1(OCc2ccccc2)[C@@H]([C@@H](COC(=O)c2ccc(Cl)cc2)OC(=O)c2ccc(Cl)cc2)OC(O)[C@@H]1O. The molecule has 4 rings (SSSR count). The summed E-state index contributed by atoms with van der Waals surface area (Å²) in [6.45, 7) is 1.16. The highest BCUT2D eigenvalue weighted by atomic mass is 35.5. The summed E-state index contributed by atoms with van der Waals surface area (Å²) in [6.07, 6.45) is -5.59. The number of aliphatic hydroxyl groups is 2. The van der Waals surface area contributed by atoms with E-state index in [1.807, 2.05) is 30.3 Å².